The van der Waals surface area contributed by atoms with Gasteiger partial charge in [0.1, 0.15) is 0 Å². The van der Waals surface area contributed by atoms with E-state index < -0.39 is 0 Å². The summed E-state index contributed by atoms with van der Waals surface area (Å²) in [5.41, 5.74) is 0.852. The van der Waals surface area contributed by atoms with Gasteiger partial charge < -0.3 is 4.74 Å². The molecule has 0 N–H and O–H groups in total. The molecule has 1 aromatic rings. The number of rotatable bonds is 4. The Balaban J connectivity index is 2.92. The first-order valence-corrected chi connectivity index (χ1v) is 5.81. The molecule has 1 nitrogen and oxygen atoms in total. The highest BCUT2D eigenvalue weighted by Crippen LogP contribution is 2.26. The highest BCUT2D eigenvalue weighted by molar-refractivity contribution is 9.08. The van der Waals surface area contributed by atoms with Crippen LogP contribution in [0.25, 0.3) is 0 Å². The van der Waals surface area contributed by atoms with Gasteiger partial charge in [0.05, 0.1) is 6.10 Å². The fourth-order valence-corrected chi connectivity index (χ4v) is 1.52. The first-order valence-electron chi connectivity index (χ1n) is 4.69. The van der Waals surface area contributed by atoms with Gasteiger partial charge in [-0.1, -0.05) is 35.0 Å². The summed E-state index contributed by atoms with van der Waals surface area (Å²) in [7, 11) is 0. The molecule has 78 valence electrons. The highest BCUT2D eigenvalue weighted by atomic mass is 79.9. The lowest BCUT2D eigenvalue weighted by molar-refractivity contribution is 0.206. The van der Waals surface area contributed by atoms with Gasteiger partial charge in [-0.25, -0.2) is 4.39 Å². The van der Waals surface area contributed by atoms with Gasteiger partial charge in [-0.2, -0.15) is 0 Å². The van der Waals surface area contributed by atoms with Crippen LogP contribution in [0.5, 0.6) is 5.75 Å². The SMILES string of the molecule is CCC(C)Oc1c(F)cccc1CBr. The van der Waals surface area contributed by atoms with E-state index in [9.17, 15) is 4.39 Å². The van der Waals surface area contributed by atoms with Crippen LogP contribution in [0.1, 0.15) is 25.8 Å². The molecule has 0 heterocycles. The Morgan fingerprint density at radius 2 is 2.21 bits per heavy atom. The van der Waals surface area contributed by atoms with Crippen LogP contribution in [0.4, 0.5) is 4.39 Å². The van der Waals surface area contributed by atoms with Gasteiger partial charge in [-0.3, -0.25) is 0 Å². The third-order valence-corrected chi connectivity index (χ3v) is 2.69. The fourth-order valence-electron chi connectivity index (χ4n) is 1.08. The molecule has 1 aromatic carbocycles. The molecule has 0 amide bonds. The van der Waals surface area contributed by atoms with Gasteiger partial charge >= 0.3 is 0 Å². The van der Waals surface area contributed by atoms with E-state index in [2.05, 4.69) is 15.9 Å². The van der Waals surface area contributed by atoms with Crippen LogP contribution >= 0.6 is 15.9 Å². The van der Waals surface area contributed by atoms with Gasteiger partial charge in [0.2, 0.25) is 0 Å². The Kier molecular flexibility index (Phi) is 4.39. The van der Waals surface area contributed by atoms with E-state index in [1.54, 1.807) is 6.07 Å². The summed E-state index contributed by atoms with van der Waals surface area (Å²) in [6, 6.07) is 4.97. The molecule has 1 rings (SSSR count). The number of para-hydroxylation sites is 1. The van der Waals surface area contributed by atoms with E-state index in [-0.39, 0.29) is 11.9 Å². The minimum atomic E-state index is -0.290. The van der Waals surface area contributed by atoms with Crippen molar-refractivity contribution in [3.8, 4) is 5.75 Å². The predicted octanol–water partition coefficient (Wildman–Crippen LogP) is 3.90. The third-order valence-electron chi connectivity index (χ3n) is 2.09. The molecule has 0 aliphatic heterocycles. The Hall–Kier alpha value is -0.570. The van der Waals surface area contributed by atoms with Crippen molar-refractivity contribution in [3.63, 3.8) is 0 Å². The van der Waals surface area contributed by atoms with Crippen LogP contribution in [-0.4, -0.2) is 6.10 Å². The zero-order valence-electron chi connectivity index (χ0n) is 8.39. The average molecular weight is 261 g/mol. The van der Waals surface area contributed by atoms with Gasteiger partial charge in [-0.05, 0) is 19.4 Å². The molecule has 1 atom stereocenters. The molecule has 14 heavy (non-hydrogen) atoms. The summed E-state index contributed by atoms with van der Waals surface area (Å²) >= 11 is 3.31. The van der Waals surface area contributed by atoms with E-state index in [1.807, 2.05) is 19.9 Å². The maximum atomic E-state index is 13.4. The van der Waals surface area contributed by atoms with Gasteiger partial charge in [0.25, 0.3) is 0 Å². The molecule has 0 aromatic heterocycles. The van der Waals surface area contributed by atoms with Gasteiger partial charge in [0, 0.05) is 10.9 Å². The Morgan fingerprint density at radius 1 is 1.50 bits per heavy atom. The van der Waals surface area contributed by atoms with Crippen molar-refractivity contribution in [1.29, 1.82) is 0 Å². The monoisotopic (exact) mass is 260 g/mol. The molecule has 0 saturated heterocycles. The van der Waals surface area contributed by atoms with E-state index in [0.717, 1.165) is 12.0 Å². The lowest BCUT2D eigenvalue weighted by atomic mass is 10.2. The number of ether oxygens (including phenoxy) is 1. The topological polar surface area (TPSA) is 9.23 Å². The first kappa shape index (κ1) is 11.5. The van der Waals surface area contributed by atoms with Crippen LogP contribution in [-0.2, 0) is 5.33 Å². The second-order valence-electron chi connectivity index (χ2n) is 3.20. The average Bonchev–Trinajstić information content (AvgIpc) is 2.20. The number of alkyl halides is 1. The zero-order valence-corrected chi connectivity index (χ0v) is 9.97. The van der Waals surface area contributed by atoms with E-state index in [4.69, 9.17) is 4.74 Å². The second-order valence-corrected chi connectivity index (χ2v) is 3.76. The summed E-state index contributed by atoms with van der Waals surface area (Å²) in [6.07, 6.45) is 0.917. The van der Waals surface area contributed by atoms with E-state index in [1.165, 1.54) is 6.07 Å². The molecule has 0 saturated carbocycles. The number of benzene rings is 1. The quantitative estimate of drug-likeness (QED) is 0.747. The van der Waals surface area contributed by atoms with Crippen LogP contribution in [0.15, 0.2) is 18.2 Å². The van der Waals surface area contributed by atoms with Gasteiger partial charge in [-0.15, -0.1) is 0 Å². The molecular formula is C11H14BrFO. The Bertz CT molecular complexity index is 301. The maximum absolute atomic E-state index is 13.4. The third kappa shape index (κ3) is 2.71. The summed E-state index contributed by atoms with van der Waals surface area (Å²) < 4.78 is 18.9. The minimum absolute atomic E-state index is 0.0460. The van der Waals surface area contributed by atoms with Crippen LogP contribution in [0, 0.1) is 5.82 Å². The molecule has 0 bridgehead atoms. The molecule has 0 spiro atoms. The fraction of sp³-hybridized carbons (Fsp3) is 0.455. The zero-order chi connectivity index (χ0) is 10.6. The summed E-state index contributed by atoms with van der Waals surface area (Å²) in [4.78, 5) is 0. The predicted molar refractivity (Wildman–Crippen MR) is 59.4 cm³/mol. The van der Waals surface area contributed by atoms with E-state index in [0.29, 0.717) is 11.1 Å². The van der Waals surface area contributed by atoms with Crippen LogP contribution < -0.4 is 4.74 Å². The lowest BCUT2D eigenvalue weighted by Gasteiger charge is -2.15. The smallest absolute Gasteiger partial charge is 0.165 e. The Morgan fingerprint density at radius 3 is 2.79 bits per heavy atom. The van der Waals surface area contributed by atoms with Crippen molar-refractivity contribution in [1.82, 2.24) is 0 Å². The van der Waals surface area contributed by atoms with Crippen LogP contribution in [0.2, 0.25) is 0 Å². The highest BCUT2D eigenvalue weighted by Gasteiger charge is 2.11. The second kappa shape index (κ2) is 5.35. The minimum Gasteiger partial charge on any atom is -0.487 e. The molecule has 0 aliphatic carbocycles. The van der Waals surface area contributed by atoms with Crippen molar-refractivity contribution in [2.45, 2.75) is 31.7 Å². The molecule has 0 aliphatic rings. The van der Waals surface area contributed by atoms with Crippen molar-refractivity contribution in [3.05, 3.63) is 29.6 Å². The number of hydrogen-bond acceptors (Lipinski definition) is 1. The van der Waals surface area contributed by atoms with Crippen LogP contribution in [0.3, 0.4) is 0 Å². The molecular weight excluding hydrogens is 247 g/mol. The number of hydrogen-bond donors (Lipinski definition) is 0. The van der Waals surface area contributed by atoms with Crippen molar-refractivity contribution >= 4 is 15.9 Å². The normalized spacial score (nSPS) is 12.6. The van der Waals surface area contributed by atoms with Crippen molar-refractivity contribution in [2.24, 2.45) is 0 Å². The summed E-state index contributed by atoms with van der Waals surface area (Å²) in [5.74, 6) is 0.0842. The lowest BCUT2D eigenvalue weighted by Crippen LogP contribution is -2.12. The number of halogens is 2. The summed E-state index contributed by atoms with van der Waals surface area (Å²) in [5, 5.41) is 0.608. The largest absolute Gasteiger partial charge is 0.487 e. The standard InChI is InChI=1S/C11H14BrFO/c1-3-8(2)14-11-9(7-12)5-4-6-10(11)13/h4-6,8H,3,7H2,1-2H3. The molecule has 1 unspecified atom stereocenters. The molecule has 0 fully saturated rings. The Labute approximate surface area is 92.4 Å². The molecule has 3 heteroatoms. The van der Waals surface area contributed by atoms with Crippen molar-refractivity contribution < 1.29 is 9.13 Å². The molecule has 0 radical (unpaired) electrons. The summed E-state index contributed by atoms with van der Waals surface area (Å²) in [6.45, 7) is 3.95. The van der Waals surface area contributed by atoms with E-state index >= 15 is 0 Å². The van der Waals surface area contributed by atoms with Crippen molar-refractivity contribution in [2.75, 3.05) is 0 Å². The maximum Gasteiger partial charge on any atom is 0.165 e. The first-order chi connectivity index (χ1) is 6.69. The van der Waals surface area contributed by atoms with Gasteiger partial charge in [0.15, 0.2) is 11.6 Å².